The number of nitrogens with zero attached hydrogens (tertiary/aromatic N) is 4. The van der Waals surface area contributed by atoms with Gasteiger partial charge in [0.05, 0.1) is 23.7 Å². The molecule has 26 heavy (non-hydrogen) atoms. The number of carbonyl (C=O) groups excluding carboxylic acids is 1. The third-order valence-corrected chi connectivity index (χ3v) is 5.05. The molecule has 6 nitrogen and oxygen atoms in total. The van der Waals surface area contributed by atoms with Gasteiger partial charge in [0.15, 0.2) is 5.16 Å². The van der Waals surface area contributed by atoms with Crippen molar-refractivity contribution in [1.29, 1.82) is 0 Å². The van der Waals surface area contributed by atoms with E-state index in [2.05, 4.69) is 19.9 Å². The quantitative estimate of drug-likeness (QED) is 0.305. The van der Waals surface area contributed by atoms with E-state index in [4.69, 9.17) is 4.74 Å². The molecular formula is C19H24N4O2S. The Balaban J connectivity index is 1.37. The molecule has 1 aliphatic rings. The van der Waals surface area contributed by atoms with Crippen molar-refractivity contribution in [3.05, 3.63) is 36.7 Å². The molecule has 0 N–H and O–H groups in total. The maximum absolute atomic E-state index is 11.9. The molecule has 2 aromatic rings. The molecule has 3 heterocycles. The molecule has 7 heteroatoms. The van der Waals surface area contributed by atoms with E-state index in [1.165, 1.54) is 44.1 Å². The Morgan fingerprint density at radius 2 is 1.96 bits per heavy atom. The normalized spacial score (nSPS) is 14.9. The number of esters is 1. The van der Waals surface area contributed by atoms with Gasteiger partial charge in [-0.05, 0) is 50.6 Å². The molecule has 0 unspecified atom stereocenters. The molecule has 0 amide bonds. The predicted molar refractivity (Wildman–Crippen MR) is 102 cm³/mol. The summed E-state index contributed by atoms with van der Waals surface area (Å²) in [5, 5.41) is 0.554. The number of hydrogen-bond donors (Lipinski definition) is 0. The lowest BCUT2D eigenvalue weighted by atomic mass is 10.1. The fraction of sp³-hybridized carbons (Fsp3) is 0.474. The summed E-state index contributed by atoms with van der Waals surface area (Å²) in [6, 6.07) is 7.48. The molecule has 0 spiro atoms. The van der Waals surface area contributed by atoms with Crippen LogP contribution in [0.25, 0.3) is 11.4 Å². The zero-order valence-corrected chi connectivity index (χ0v) is 15.7. The van der Waals surface area contributed by atoms with E-state index < -0.39 is 0 Å². The van der Waals surface area contributed by atoms with Crippen LogP contribution in [0, 0.1) is 0 Å². The lowest BCUT2D eigenvalue weighted by Crippen LogP contribution is -2.31. The van der Waals surface area contributed by atoms with E-state index in [0.717, 1.165) is 24.4 Å². The second-order valence-corrected chi connectivity index (χ2v) is 7.15. The largest absolute Gasteiger partial charge is 0.465 e. The second kappa shape index (κ2) is 10.2. The van der Waals surface area contributed by atoms with Crippen molar-refractivity contribution in [2.24, 2.45) is 0 Å². The molecule has 1 aliphatic heterocycles. The summed E-state index contributed by atoms with van der Waals surface area (Å²) in [5.74, 6) is -0.00413. The van der Waals surface area contributed by atoms with Gasteiger partial charge in [0.2, 0.25) is 0 Å². The fourth-order valence-corrected chi connectivity index (χ4v) is 3.52. The minimum absolute atomic E-state index is 0.218. The van der Waals surface area contributed by atoms with Crippen LogP contribution in [-0.4, -0.2) is 57.8 Å². The van der Waals surface area contributed by atoms with Crippen molar-refractivity contribution in [2.75, 3.05) is 32.0 Å². The molecule has 1 fully saturated rings. The summed E-state index contributed by atoms with van der Waals surface area (Å²) in [6.07, 6.45) is 8.21. The Kier molecular flexibility index (Phi) is 7.39. The SMILES string of the molecule is O=C(CSc1nccc(-c2ccccn2)n1)OCCCN1CCCCC1. The van der Waals surface area contributed by atoms with Gasteiger partial charge < -0.3 is 9.64 Å². The standard InChI is InChI=1S/C19H24N4O2S/c24-18(25-14-6-13-23-11-4-1-5-12-23)15-26-19-21-10-8-17(22-19)16-7-2-3-9-20-16/h2-3,7-10H,1,4-6,11-15H2. The lowest BCUT2D eigenvalue weighted by Gasteiger charge is -2.26. The third-order valence-electron chi connectivity index (χ3n) is 4.21. The first-order valence-electron chi connectivity index (χ1n) is 9.06. The second-order valence-electron chi connectivity index (χ2n) is 6.20. The number of likely N-dealkylation sites (tertiary alicyclic amines) is 1. The van der Waals surface area contributed by atoms with Crippen LogP contribution in [0.3, 0.4) is 0 Å². The van der Waals surface area contributed by atoms with Crippen LogP contribution >= 0.6 is 11.8 Å². The highest BCUT2D eigenvalue weighted by Crippen LogP contribution is 2.18. The van der Waals surface area contributed by atoms with Gasteiger partial charge in [-0.1, -0.05) is 24.2 Å². The molecule has 1 saturated heterocycles. The van der Waals surface area contributed by atoms with E-state index in [0.29, 0.717) is 11.8 Å². The summed E-state index contributed by atoms with van der Waals surface area (Å²) in [5.41, 5.74) is 1.54. The van der Waals surface area contributed by atoms with E-state index >= 15 is 0 Å². The van der Waals surface area contributed by atoms with Crippen LogP contribution in [0.5, 0.6) is 0 Å². The van der Waals surface area contributed by atoms with Crippen LogP contribution in [0.15, 0.2) is 41.8 Å². The number of hydrogen-bond acceptors (Lipinski definition) is 7. The number of pyridine rings is 1. The summed E-state index contributed by atoms with van der Waals surface area (Å²) >= 11 is 1.29. The molecule has 0 aliphatic carbocycles. The van der Waals surface area contributed by atoms with E-state index in [1.807, 2.05) is 24.3 Å². The Morgan fingerprint density at radius 3 is 2.77 bits per heavy atom. The average Bonchev–Trinajstić information content (AvgIpc) is 2.71. The number of carbonyl (C=O) groups is 1. The molecule has 0 saturated carbocycles. The topological polar surface area (TPSA) is 68.2 Å². The van der Waals surface area contributed by atoms with Gasteiger partial charge >= 0.3 is 5.97 Å². The smallest absolute Gasteiger partial charge is 0.316 e. The first kappa shape index (κ1) is 18.8. The zero-order valence-electron chi connectivity index (χ0n) is 14.8. The molecule has 0 atom stereocenters. The molecule has 2 aromatic heterocycles. The fourth-order valence-electron chi connectivity index (χ4n) is 2.89. The monoisotopic (exact) mass is 372 g/mol. The Morgan fingerprint density at radius 1 is 1.08 bits per heavy atom. The van der Waals surface area contributed by atoms with E-state index in [-0.39, 0.29) is 11.7 Å². The van der Waals surface area contributed by atoms with Gasteiger partial charge in [0, 0.05) is 18.9 Å². The average molecular weight is 372 g/mol. The van der Waals surface area contributed by atoms with Gasteiger partial charge in [0.25, 0.3) is 0 Å². The van der Waals surface area contributed by atoms with E-state index in [9.17, 15) is 4.79 Å². The van der Waals surface area contributed by atoms with Crippen LogP contribution in [0.1, 0.15) is 25.7 Å². The van der Waals surface area contributed by atoms with Crippen molar-refractivity contribution < 1.29 is 9.53 Å². The van der Waals surface area contributed by atoms with Gasteiger partial charge in [-0.25, -0.2) is 9.97 Å². The molecular weight excluding hydrogens is 348 g/mol. The Hall–Kier alpha value is -1.99. The summed E-state index contributed by atoms with van der Waals surface area (Å²) < 4.78 is 5.32. The minimum Gasteiger partial charge on any atom is -0.465 e. The zero-order chi connectivity index (χ0) is 18.0. The van der Waals surface area contributed by atoms with Gasteiger partial charge in [-0.3, -0.25) is 9.78 Å². The van der Waals surface area contributed by atoms with Crippen LogP contribution < -0.4 is 0 Å². The molecule has 3 rings (SSSR count). The number of rotatable bonds is 8. The van der Waals surface area contributed by atoms with Crippen LogP contribution in [-0.2, 0) is 9.53 Å². The summed E-state index contributed by atoms with van der Waals surface area (Å²) in [7, 11) is 0. The highest BCUT2D eigenvalue weighted by atomic mass is 32.2. The first-order valence-corrected chi connectivity index (χ1v) is 10.0. The van der Waals surface area contributed by atoms with Crippen LogP contribution in [0.2, 0.25) is 0 Å². The van der Waals surface area contributed by atoms with Crippen LogP contribution in [0.4, 0.5) is 0 Å². The molecule has 0 radical (unpaired) electrons. The highest BCUT2D eigenvalue weighted by Gasteiger charge is 2.11. The molecule has 138 valence electrons. The van der Waals surface area contributed by atoms with Crippen molar-refractivity contribution in [2.45, 2.75) is 30.8 Å². The summed E-state index contributed by atoms with van der Waals surface area (Å²) in [6.45, 7) is 3.84. The summed E-state index contributed by atoms with van der Waals surface area (Å²) in [4.78, 5) is 27.3. The lowest BCUT2D eigenvalue weighted by molar-refractivity contribution is -0.140. The maximum Gasteiger partial charge on any atom is 0.316 e. The van der Waals surface area contributed by atoms with Gasteiger partial charge in [-0.2, -0.15) is 0 Å². The van der Waals surface area contributed by atoms with Crippen molar-refractivity contribution in [3.63, 3.8) is 0 Å². The number of piperidine rings is 1. The van der Waals surface area contributed by atoms with Gasteiger partial charge in [-0.15, -0.1) is 0 Å². The van der Waals surface area contributed by atoms with E-state index in [1.54, 1.807) is 12.4 Å². The van der Waals surface area contributed by atoms with Gasteiger partial charge in [0.1, 0.15) is 0 Å². The van der Waals surface area contributed by atoms with Crippen molar-refractivity contribution >= 4 is 17.7 Å². The first-order chi connectivity index (χ1) is 12.8. The number of ether oxygens (including phenoxy) is 1. The minimum atomic E-state index is -0.222. The molecule has 0 aromatic carbocycles. The van der Waals surface area contributed by atoms with Crippen molar-refractivity contribution in [1.82, 2.24) is 19.9 Å². The number of aromatic nitrogens is 3. The number of thioether (sulfide) groups is 1. The maximum atomic E-state index is 11.9. The Bertz CT molecular complexity index is 693. The third kappa shape index (κ3) is 6.07. The van der Waals surface area contributed by atoms with Crippen molar-refractivity contribution in [3.8, 4) is 11.4 Å². The predicted octanol–water partition coefficient (Wildman–Crippen LogP) is 3.05. The molecule has 0 bridgehead atoms. The Labute approximate surface area is 158 Å². The highest BCUT2D eigenvalue weighted by molar-refractivity contribution is 7.99.